The lowest BCUT2D eigenvalue weighted by Crippen LogP contribution is -2.34. The Morgan fingerprint density at radius 1 is 0.879 bits per heavy atom. The highest BCUT2D eigenvalue weighted by atomic mass is 16.6. The van der Waals surface area contributed by atoms with Crippen molar-refractivity contribution in [3.8, 4) is 5.75 Å². The van der Waals surface area contributed by atoms with E-state index in [2.05, 4.69) is 16.0 Å². The van der Waals surface area contributed by atoms with E-state index < -0.39 is 11.7 Å². The van der Waals surface area contributed by atoms with E-state index in [4.69, 9.17) is 9.47 Å². The second-order valence-corrected chi connectivity index (χ2v) is 8.74. The topological polar surface area (TPSA) is 106 Å². The summed E-state index contributed by atoms with van der Waals surface area (Å²) < 4.78 is 10.6. The van der Waals surface area contributed by atoms with Crippen molar-refractivity contribution in [1.82, 2.24) is 10.6 Å². The number of ether oxygens (including phenoxy) is 2. The summed E-state index contributed by atoms with van der Waals surface area (Å²) in [6, 6.07) is 12.9. The molecule has 0 atom stereocenters. The molecule has 2 aromatic carbocycles. The summed E-state index contributed by atoms with van der Waals surface area (Å²) in [5.41, 5.74) is 3.22. The van der Waals surface area contributed by atoms with Crippen molar-refractivity contribution in [1.29, 1.82) is 0 Å². The van der Waals surface area contributed by atoms with Gasteiger partial charge in [0.2, 0.25) is 5.91 Å². The van der Waals surface area contributed by atoms with Crippen LogP contribution in [0.25, 0.3) is 0 Å². The predicted molar refractivity (Wildman–Crippen MR) is 127 cm³/mol. The van der Waals surface area contributed by atoms with Crippen LogP contribution >= 0.6 is 0 Å². The van der Waals surface area contributed by atoms with Gasteiger partial charge in [-0.2, -0.15) is 0 Å². The smallest absolute Gasteiger partial charge is 0.407 e. The molecule has 0 aliphatic heterocycles. The zero-order chi connectivity index (χ0) is 24.4. The van der Waals surface area contributed by atoms with Crippen LogP contribution in [0.15, 0.2) is 42.5 Å². The van der Waals surface area contributed by atoms with E-state index in [9.17, 15) is 14.4 Å². The average molecular weight is 456 g/mol. The molecule has 0 spiro atoms. The molecule has 0 unspecified atom stereocenters. The molecule has 3 amide bonds. The molecule has 0 bridgehead atoms. The minimum absolute atomic E-state index is 0.0615. The number of hydrogen-bond donors (Lipinski definition) is 3. The van der Waals surface area contributed by atoms with Gasteiger partial charge in [-0.3, -0.25) is 9.59 Å². The third-order valence-corrected chi connectivity index (χ3v) is 4.60. The van der Waals surface area contributed by atoms with Crippen LogP contribution in [-0.2, 0) is 20.9 Å². The van der Waals surface area contributed by atoms with Gasteiger partial charge in [-0.25, -0.2) is 4.79 Å². The number of alkyl carbamates (subject to hydrolysis) is 1. The summed E-state index contributed by atoms with van der Waals surface area (Å²) in [5, 5.41) is 8.12. The van der Waals surface area contributed by atoms with Crippen molar-refractivity contribution in [3.05, 3.63) is 59.2 Å². The Hall–Kier alpha value is -3.55. The molecule has 0 saturated heterocycles. The molecular weight excluding hydrogens is 422 g/mol. The van der Waals surface area contributed by atoms with Crippen LogP contribution in [0.4, 0.5) is 10.5 Å². The van der Waals surface area contributed by atoms with Crippen molar-refractivity contribution in [3.63, 3.8) is 0 Å². The molecule has 33 heavy (non-hydrogen) atoms. The highest BCUT2D eigenvalue weighted by Crippen LogP contribution is 2.16. The van der Waals surface area contributed by atoms with Gasteiger partial charge in [0.25, 0.3) is 5.91 Å². The number of benzene rings is 2. The lowest BCUT2D eigenvalue weighted by atomic mass is 10.1. The molecule has 178 valence electrons. The molecule has 3 N–H and O–H groups in total. The number of amides is 3. The van der Waals surface area contributed by atoms with Crippen molar-refractivity contribution in [2.45, 2.75) is 53.2 Å². The normalized spacial score (nSPS) is 10.8. The van der Waals surface area contributed by atoms with Crippen LogP contribution in [0.2, 0.25) is 0 Å². The molecule has 0 radical (unpaired) electrons. The maximum atomic E-state index is 12.0. The van der Waals surface area contributed by atoms with Crippen LogP contribution in [-0.4, -0.2) is 36.7 Å². The molecule has 0 aliphatic carbocycles. The molecule has 0 heterocycles. The van der Waals surface area contributed by atoms with Gasteiger partial charge in [0.15, 0.2) is 6.61 Å². The number of carbonyl (C=O) groups excluding carboxylic acids is 3. The first-order valence-corrected chi connectivity index (χ1v) is 10.8. The Bertz CT molecular complexity index is 965. The Kier molecular flexibility index (Phi) is 9.27. The van der Waals surface area contributed by atoms with Gasteiger partial charge >= 0.3 is 6.09 Å². The zero-order valence-electron chi connectivity index (χ0n) is 19.9. The van der Waals surface area contributed by atoms with E-state index in [1.807, 2.05) is 44.2 Å². The number of carbonyl (C=O) groups is 3. The van der Waals surface area contributed by atoms with E-state index >= 15 is 0 Å². The maximum Gasteiger partial charge on any atom is 0.407 e. The number of aryl methyl sites for hydroxylation is 2. The predicted octanol–water partition coefficient (Wildman–Crippen LogP) is 3.85. The number of rotatable bonds is 9. The van der Waals surface area contributed by atoms with E-state index in [1.54, 1.807) is 32.9 Å². The van der Waals surface area contributed by atoms with E-state index in [0.717, 1.165) is 11.1 Å². The molecule has 2 rings (SSSR count). The number of anilines is 1. The fraction of sp³-hybridized carbons (Fsp3) is 0.400. The van der Waals surface area contributed by atoms with Gasteiger partial charge in [-0.1, -0.05) is 18.2 Å². The molecule has 0 saturated carbocycles. The van der Waals surface area contributed by atoms with Crippen molar-refractivity contribution < 1.29 is 23.9 Å². The van der Waals surface area contributed by atoms with E-state index in [0.29, 0.717) is 18.0 Å². The second kappa shape index (κ2) is 11.9. The molecule has 0 aliphatic rings. The van der Waals surface area contributed by atoms with Crippen molar-refractivity contribution in [2.24, 2.45) is 0 Å². The van der Waals surface area contributed by atoms with Crippen LogP contribution in [0.3, 0.4) is 0 Å². The lowest BCUT2D eigenvalue weighted by Gasteiger charge is -2.19. The SMILES string of the molecule is Cc1ccc(OCC(=O)NCc2ccc(NC(=O)CCNC(=O)OC(C)(C)C)cc2)cc1C. The van der Waals surface area contributed by atoms with Crippen LogP contribution in [0.1, 0.15) is 43.9 Å². The molecule has 0 aromatic heterocycles. The van der Waals surface area contributed by atoms with Gasteiger partial charge in [-0.15, -0.1) is 0 Å². The fourth-order valence-electron chi connectivity index (χ4n) is 2.73. The van der Waals surface area contributed by atoms with Gasteiger partial charge in [-0.05, 0) is 75.6 Å². The van der Waals surface area contributed by atoms with Crippen molar-refractivity contribution in [2.75, 3.05) is 18.5 Å². The van der Waals surface area contributed by atoms with Crippen LogP contribution < -0.4 is 20.7 Å². The summed E-state index contributed by atoms with van der Waals surface area (Å²) in [6.07, 6.45) is -0.432. The Morgan fingerprint density at radius 3 is 2.21 bits per heavy atom. The van der Waals surface area contributed by atoms with Crippen LogP contribution in [0.5, 0.6) is 5.75 Å². The van der Waals surface area contributed by atoms with Crippen LogP contribution in [0, 0.1) is 13.8 Å². The molecule has 8 nitrogen and oxygen atoms in total. The highest BCUT2D eigenvalue weighted by Gasteiger charge is 2.16. The first-order valence-electron chi connectivity index (χ1n) is 10.8. The first-order chi connectivity index (χ1) is 15.5. The van der Waals surface area contributed by atoms with Gasteiger partial charge in [0.1, 0.15) is 11.4 Å². The molecule has 0 fully saturated rings. The van der Waals surface area contributed by atoms with E-state index in [1.165, 1.54) is 5.56 Å². The van der Waals surface area contributed by atoms with Gasteiger partial charge < -0.3 is 25.4 Å². The monoisotopic (exact) mass is 455 g/mol. The summed E-state index contributed by atoms with van der Waals surface area (Å²) >= 11 is 0. The first kappa shape index (κ1) is 25.7. The molecule has 8 heteroatoms. The Morgan fingerprint density at radius 2 is 1.58 bits per heavy atom. The minimum Gasteiger partial charge on any atom is -0.484 e. The third-order valence-electron chi connectivity index (χ3n) is 4.60. The number of hydrogen-bond acceptors (Lipinski definition) is 5. The minimum atomic E-state index is -0.583. The summed E-state index contributed by atoms with van der Waals surface area (Å²) in [6.45, 7) is 9.80. The Balaban J connectivity index is 1.68. The fourth-order valence-corrected chi connectivity index (χ4v) is 2.73. The quantitative estimate of drug-likeness (QED) is 0.533. The average Bonchev–Trinajstić information content (AvgIpc) is 2.72. The molecular formula is C25H33N3O5. The largest absolute Gasteiger partial charge is 0.484 e. The maximum absolute atomic E-state index is 12.0. The third kappa shape index (κ3) is 10.1. The zero-order valence-corrected chi connectivity index (χ0v) is 19.9. The summed E-state index contributed by atoms with van der Waals surface area (Å²) in [5.74, 6) is 0.216. The lowest BCUT2D eigenvalue weighted by molar-refractivity contribution is -0.123. The van der Waals surface area contributed by atoms with Gasteiger partial charge in [0.05, 0.1) is 0 Å². The summed E-state index contributed by atoms with van der Waals surface area (Å²) in [7, 11) is 0. The second-order valence-electron chi connectivity index (χ2n) is 8.74. The van der Waals surface area contributed by atoms with Crippen molar-refractivity contribution >= 4 is 23.6 Å². The van der Waals surface area contributed by atoms with E-state index in [-0.39, 0.29) is 31.4 Å². The molecule has 2 aromatic rings. The Labute approximate surface area is 195 Å². The standard InChI is InChI=1S/C25H33N3O5/c1-17-6-11-21(14-18(17)2)32-16-23(30)27-15-19-7-9-20(10-8-19)28-22(29)12-13-26-24(31)33-25(3,4)5/h6-11,14H,12-13,15-16H2,1-5H3,(H,26,31)(H,27,30)(H,28,29). The summed E-state index contributed by atoms with van der Waals surface area (Å²) in [4.78, 5) is 35.7. The van der Waals surface area contributed by atoms with Gasteiger partial charge in [0, 0.05) is 25.2 Å². The number of nitrogens with one attached hydrogen (secondary N) is 3. The highest BCUT2D eigenvalue weighted by molar-refractivity contribution is 5.91.